The molecule has 0 radical (unpaired) electrons. The number of oxime groups is 1. The summed E-state index contributed by atoms with van der Waals surface area (Å²) >= 11 is 2.20. The van der Waals surface area contributed by atoms with Crippen molar-refractivity contribution in [1.29, 1.82) is 0 Å². The summed E-state index contributed by atoms with van der Waals surface area (Å²) < 4.78 is 11.5. The summed E-state index contributed by atoms with van der Waals surface area (Å²) in [6.45, 7) is -0.171. The minimum Gasteiger partial charge on any atom is -0.493 e. The van der Waals surface area contributed by atoms with Gasteiger partial charge in [-0.3, -0.25) is 4.79 Å². The molecule has 2 aromatic rings. The van der Waals surface area contributed by atoms with Crippen LogP contribution in [0.15, 0.2) is 47.6 Å². The Morgan fingerprint density at radius 2 is 1.83 bits per heavy atom. The third-order valence-electron chi connectivity index (χ3n) is 3.01. The molecule has 0 aliphatic heterocycles. The van der Waals surface area contributed by atoms with E-state index >= 15 is 0 Å². The van der Waals surface area contributed by atoms with Crippen molar-refractivity contribution >= 4 is 40.4 Å². The van der Waals surface area contributed by atoms with Gasteiger partial charge in [0.2, 0.25) is 0 Å². The van der Waals surface area contributed by atoms with E-state index in [1.165, 1.54) is 6.21 Å². The van der Waals surface area contributed by atoms with Crippen molar-refractivity contribution in [2.45, 2.75) is 0 Å². The Morgan fingerprint density at radius 3 is 2.50 bits per heavy atom. The van der Waals surface area contributed by atoms with Crippen molar-refractivity contribution in [1.82, 2.24) is 0 Å². The number of amides is 1. The van der Waals surface area contributed by atoms with Crippen LogP contribution >= 0.6 is 22.6 Å². The number of carbonyl (C=O) groups is 1. The fraction of sp³-hybridized carbons (Fsp3) is 0.176. The quantitative estimate of drug-likeness (QED) is 0.408. The van der Waals surface area contributed by atoms with E-state index in [0.717, 1.165) is 9.13 Å². The standard InChI is InChI=1S/C17H17IN2O4/c1-22-15-8-3-12(9-16(15)23-2)10-19-24-11-17(21)20-14-6-4-13(18)5-7-14/h3-10H,11H2,1-2H3,(H,20,21)/b19-10+. The lowest BCUT2D eigenvalue weighted by molar-refractivity contribution is -0.120. The van der Waals surface area contributed by atoms with Gasteiger partial charge in [0, 0.05) is 14.8 Å². The number of carbonyl (C=O) groups excluding carboxylic acids is 1. The Kier molecular flexibility index (Phi) is 6.86. The summed E-state index contributed by atoms with van der Waals surface area (Å²) in [4.78, 5) is 16.8. The number of benzene rings is 2. The predicted octanol–water partition coefficient (Wildman–Crippen LogP) is 3.30. The Bertz CT molecular complexity index is 717. The van der Waals surface area contributed by atoms with Gasteiger partial charge in [-0.05, 0) is 65.1 Å². The van der Waals surface area contributed by atoms with Gasteiger partial charge < -0.3 is 19.6 Å². The Morgan fingerprint density at radius 1 is 1.12 bits per heavy atom. The van der Waals surface area contributed by atoms with E-state index in [-0.39, 0.29) is 12.5 Å². The first-order chi connectivity index (χ1) is 11.6. The molecule has 0 heterocycles. The molecule has 24 heavy (non-hydrogen) atoms. The number of nitrogens with one attached hydrogen (secondary N) is 1. The Labute approximate surface area is 153 Å². The van der Waals surface area contributed by atoms with Gasteiger partial charge in [0.1, 0.15) is 0 Å². The average molecular weight is 440 g/mol. The highest BCUT2D eigenvalue weighted by Gasteiger charge is 2.04. The van der Waals surface area contributed by atoms with Crippen molar-refractivity contribution in [3.63, 3.8) is 0 Å². The number of anilines is 1. The second-order valence-corrected chi connectivity index (χ2v) is 5.92. The van der Waals surface area contributed by atoms with Crippen molar-refractivity contribution in [2.75, 3.05) is 26.1 Å². The summed E-state index contributed by atoms with van der Waals surface area (Å²) in [5, 5.41) is 6.51. The molecule has 0 aliphatic carbocycles. The molecule has 0 unspecified atom stereocenters. The first-order valence-electron chi connectivity index (χ1n) is 7.05. The van der Waals surface area contributed by atoms with Gasteiger partial charge in [-0.2, -0.15) is 0 Å². The van der Waals surface area contributed by atoms with Crippen LogP contribution in [0, 0.1) is 3.57 Å². The molecule has 2 aromatic carbocycles. The summed E-state index contributed by atoms with van der Waals surface area (Å²) in [7, 11) is 3.13. The number of halogens is 1. The minimum atomic E-state index is -0.277. The van der Waals surface area contributed by atoms with Crippen molar-refractivity contribution in [3.05, 3.63) is 51.6 Å². The van der Waals surface area contributed by atoms with E-state index in [9.17, 15) is 4.79 Å². The summed E-state index contributed by atoms with van der Waals surface area (Å²) in [5.41, 5.74) is 1.48. The maximum absolute atomic E-state index is 11.7. The molecule has 0 saturated carbocycles. The zero-order chi connectivity index (χ0) is 17.4. The van der Waals surface area contributed by atoms with Crippen LogP contribution in [0.1, 0.15) is 5.56 Å². The second-order valence-electron chi connectivity index (χ2n) is 4.68. The monoisotopic (exact) mass is 440 g/mol. The molecule has 0 spiro atoms. The van der Waals surface area contributed by atoms with E-state index in [2.05, 4.69) is 33.1 Å². The zero-order valence-electron chi connectivity index (χ0n) is 13.3. The lowest BCUT2D eigenvalue weighted by Crippen LogP contribution is -2.16. The molecule has 1 amide bonds. The molecule has 0 saturated heterocycles. The van der Waals surface area contributed by atoms with E-state index < -0.39 is 0 Å². The molecule has 126 valence electrons. The zero-order valence-corrected chi connectivity index (χ0v) is 15.4. The molecule has 0 atom stereocenters. The van der Waals surface area contributed by atoms with Crippen molar-refractivity contribution in [3.8, 4) is 11.5 Å². The van der Waals surface area contributed by atoms with Gasteiger partial charge in [0.25, 0.3) is 5.91 Å². The first kappa shape index (κ1) is 18.1. The van der Waals surface area contributed by atoms with Gasteiger partial charge in [-0.15, -0.1) is 0 Å². The molecule has 0 aromatic heterocycles. The van der Waals surface area contributed by atoms with E-state index in [1.54, 1.807) is 32.4 Å². The maximum atomic E-state index is 11.7. The van der Waals surface area contributed by atoms with Crippen LogP contribution < -0.4 is 14.8 Å². The van der Waals surface area contributed by atoms with Crippen LogP contribution in [0.5, 0.6) is 11.5 Å². The first-order valence-corrected chi connectivity index (χ1v) is 8.13. The Hall–Kier alpha value is -2.29. The number of methoxy groups -OCH3 is 2. The topological polar surface area (TPSA) is 69.2 Å². The van der Waals surface area contributed by atoms with E-state index in [0.29, 0.717) is 17.2 Å². The third kappa shape index (κ3) is 5.41. The van der Waals surface area contributed by atoms with Crippen LogP contribution in [0.2, 0.25) is 0 Å². The highest BCUT2D eigenvalue weighted by molar-refractivity contribution is 14.1. The fourth-order valence-electron chi connectivity index (χ4n) is 1.86. The van der Waals surface area contributed by atoms with Gasteiger partial charge in [0.15, 0.2) is 18.1 Å². The minimum absolute atomic E-state index is 0.171. The molecular formula is C17H17IN2O4. The lowest BCUT2D eigenvalue weighted by Gasteiger charge is -2.07. The largest absolute Gasteiger partial charge is 0.493 e. The number of rotatable bonds is 7. The van der Waals surface area contributed by atoms with Crippen molar-refractivity contribution < 1.29 is 19.1 Å². The molecule has 1 N–H and O–H groups in total. The SMILES string of the molecule is COc1ccc(/C=N/OCC(=O)Nc2ccc(I)cc2)cc1OC. The predicted molar refractivity (Wildman–Crippen MR) is 101 cm³/mol. The average Bonchev–Trinajstić information content (AvgIpc) is 2.60. The van der Waals surface area contributed by atoms with Gasteiger partial charge in [-0.1, -0.05) is 5.16 Å². The smallest absolute Gasteiger partial charge is 0.265 e. The van der Waals surface area contributed by atoms with Gasteiger partial charge >= 0.3 is 0 Å². The lowest BCUT2D eigenvalue weighted by atomic mass is 10.2. The number of nitrogens with zero attached hydrogens (tertiary/aromatic N) is 1. The molecule has 0 bridgehead atoms. The second kappa shape index (κ2) is 9.11. The molecule has 0 aliphatic rings. The summed E-state index contributed by atoms with van der Waals surface area (Å²) in [5.74, 6) is 0.950. The van der Waals surface area contributed by atoms with Crippen LogP contribution in [0.25, 0.3) is 0 Å². The highest BCUT2D eigenvalue weighted by Crippen LogP contribution is 2.26. The Balaban J connectivity index is 1.83. The van der Waals surface area contributed by atoms with E-state index in [1.807, 2.05) is 24.3 Å². The summed E-state index contributed by atoms with van der Waals surface area (Å²) in [6, 6.07) is 12.8. The summed E-state index contributed by atoms with van der Waals surface area (Å²) in [6.07, 6.45) is 1.50. The van der Waals surface area contributed by atoms with Crippen LogP contribution in [0.3, 0.4) is 0 Å². The molecule has 2 rings (SSSR count). The van der Waals surface area contributed by atoms with Crippen LogP contribution in [-0.4, -0.2) is 32.9 Å². The molecular weight excluding hydrogens is 423 g/mol. The normalized spacial score (nSPS) is 10.5. The number of hydrogen-bond acceptors (Lipinski definition) is 5. The maximum Gasteiger partial charge on any atom is 0.265 e. The van der Waals surface area contributed by atoms with Crippen LogP contribution in [-0.2, 0) is 9.63 Å². The van der Waals surface area contributed by atoms with Crippen molar-refractivity contribution in [2.24, 2.45) is 5.16 Å². The molecule has 7 heteroatoms. The third-order valence-corrected chi connectivity index (χ3v) is 3.73. The fourth-order valence-corrected chi connectivity index (χ4v) is 2.22. The highest BCUT2D eigenvalue weighted by atomic mass is 127. The van der Waals surface area contributed by atoms with E-state index in [4.69, 9.17) is 14.3 Å². The van der Waals surface area contributed by atoms with Gasteiger partial charge in [-0.25, -0.2) is 0 Å². The number of hydrogen-bond donors (Lipinski definition) is 1. The van der Waals surface area contributed by atoms with Crippen LogP contribution in [0.4, 0.5) is 5.69 Å². The molecule has 6 nitrogen and oxygen atoms in total. The van der Waals surface area contributed by atoms with Gasteiger partial charge in [0.05, 0.1) is 20.4 Å². The molecule has 0 fully saturated rings. The number of ether oxygens (including phenoxy) is 2.